The van der Waals surface area contributed by atoms with E-state index < -0.39 is 0 Å². The van der Waals surface area contributed by atoms with Crippen LogP contribution >= 0.6 is 0 Å². The molecule has 4 nitrogen and oxygen atoms in total. The first kappa shape index (κ1) is 13.9. The van der Waals surface area contributed by atoms with Gasteiger partial charge in [-0.2, -0.15) is 0 Å². The average Bonchev–Trinajstić information content (AvgIpc) is 2.55. The van der Waals surface area contributed by atoms with E-state index in [1.807, 2.05) is 6.07 Å². The molecule has 0 aliphatic heterocycles. The molecular formula is C18H14N2O2. The summed E-state index contributed by atoms with van der Waals surface area (Å²) < 4.78 is 1.35. The Morgan fingerprint density at radius 3 is 2.41 bits per heavy atom. The van der Waals surface area contributed by atoms with E-state index in [9.17, 15) is 9.59 Å². The molecule has 0 amide bonds. The second-order valence-corrected chi connectivity index (χ2v) is 4.97. The molecule has 0 aliphatic carbocycles. The topological polar surface area (TPSA) is 52.0 Å². The van der Waals surface area contributed by atoms with Crippen molar-refractivity contribution >= 4 is 5.78 Å². The van der Waals surface area contributed by atoms with Gasteiger partial charge in [-0.1, -0.05) is 36.4 Å². The maximum absolute atomic E-state index is 12.8. The van der Waals surface area contributed by atoms with Crippen LogP contribution in [0.3, 0.4) is 0 Å². The van der Waals surface area contributed by atoms with Gasteiger partial charge in [0, 0.05) is 17.8 Å². The molecule has 3 rings (SSSR count). The summed E-state index contributed by atoms with van der Waals surface area (Å²) in [5.74, 6) is 0.235. The molecule has 0 aliphatic rings. The number of benzene rings is 1. The van der Waals surface area contributed by atoms with Gasteiger partial charge in [-0.3, -0.25) is 14.2 Å². The van der Waals surface area contributed by atoms with Crippen LogP contribution in [0.15, 0.2) is 71.7 Å². The van der Waals surface area contributed by atoms with Gasteiger partial charge >= 0.3 is 0 Å². The van der Waals surface area contributed by atoms with Gasteiger partial charge < -0.3 is 0 Å². The molecule has 0 bridgehead atoms. The second kappa shape index (κ2) is 5.77. The number of pyridine rings is 2. The Morgan fingerprint density at radius 1 is 1.00 bits per heavy atom. The number of aryl methyl sites for hydroxylation is 1. The van der Waals surface area contributed by atoms with Gasteiger partial charge in [0.25, 0.3) is 5.56 Å². The lowest BCUT2D eigenvalue weighted by atomic mass is 10.1. The molecule has 0 atom stereocenters. The summed E-state index contributed by atoms with van der Waals surface area (Å²) in [5.41, 5.74) is 1.33. The Morgan fingerprint density at radius 2 is 1.73 bits per heavy atom. The van der Waals surface area contributed by atoms with Crippen molar-refractivity contribution in [2.24, 2.45) is 0 Å². The number of nitrogens with zero attached hydrogens (tertiary/aromatic N) is 2. The van der Waals surface area contributed by atoms with Gasteiger partial charge in [0.05, 0.1) is 5.69 Å². The van der Waals surface area contributed by atoms with Crippen molar-refractivity contribution < 1.29 is 4.79 Å². The van der Waals surface area contributed by atoms with E-state index in [0.717, 1.165) is 5.56 Å². The highest BCUT2D eigenvalue weighted by Gasteiger charge is 2.16. The van der Waals surface area contributed by atoms with Crippen LogP contribution in [0.4, 0.5) is 0 Å². The van der Waals surface area contributed by atoms with Gasteiger partial charge in [-0.05, 0) is 30.7 Å². The molecule has 0 spiro atoms. The smallest absolute Gasteiger partial charge is 0.257 e. The fraction of sp³-hybridized carbons (Fsp3) is 0.0556. The monoisotopic (exact) mass is 290 g/mol. The van der Waals surface area contributed by atoms with Crippen molar-refractivity contribution in [3.05, 3.63) is 94.0 Å². The maximum atomic E-state index is 12.8. The summed E-state index contributed by atoms with van der Waals surface area (Å²) in [6.07, 6.45) is 1.60. The summed E-state index contributed by atoms with van der Waals surface area (Å²) in [7, 11) is 0. The Balaban J connectivity index is 2.24. The zero-order valence-electron chi connectivity index (χ0n) is 12.1. The summed E-state index contributed by atoms with van der Waals surface area (Å²) in [4.78, 5) is 29.3. The summed E-state index contributed by atoms with van der Waals surface area (Å²) >= 11 is 0. The lowest BCUT2D eigenvalue weighted by Crippen LogP contribution is -2.25. The molecule has 22 heavy (non-hydrogen) atoms. The van der Waals surface area contributed by atoms with Crippen molar-refractivity contribution in [3.63, 3.8) is 0 Å². The molecule has 3 aromatic rings. The van der Waals surface area contributed by atoms with Gasteiger partial charge in [-0.15, -0.1) is 0 Å². The zero-order valence-corrected chi connectivity index (χ0v) is 12.1. The molecular weight excluding hydrogens is 276 g/mol. The Labute approximate surface area is 127 Å². The predicted octanol–water partition coefficient (Wildman–Crippen LogP) is 2.77. The van der Waals surface area contributed by atoms with Gasteiger partial charge in [-0.25, -0.2) is 4.98 Å². The first-order valence-corrected chi connectivity index (χ1v) is 6.91. The van der Waals surface area contributed by atoms with Crippen LogP contribution in [0.25, 0.3) is 5.82 Å². The van der Waals surface area contributed by atoms with E-state index in [1.54, 1.807) is 61.7 Å². The Kier molecular flexibility index (Phi) is 3.66. The first-order valence-electron chi connectivity index (χ1n) is 6.91. The lowest BCUT2D eigenvalue weighted by Gasteiger charge is -2.12. The van der Waals surface area contributed by atoms with E-state index >= 15 is 0 Å². The minimum Gasteiger partial charge on any atom is -0.287 e. The fourth-order valence-corrected chi connectivity index (χ4v) is 2.33. The van der Waals surface area contributed by atoms with Crippen molar-refractivity contribution in [2.75, 3.05) is 0 Å². The molecule has 2 heterocycles. The minimum absolute atomic E-state index is 0.202. The third-order valence-electron chi connectivity index (χ3n) is 3.32. The van der Waals surface area contributed by atoms with E-state index in [1.165, 1.54) is 10.6 Å². The van der Waals surface area contributed by atoms with Crippen molar-refractivity contribution in [1.82, 2.24) is 9.55 Å². The SMILES string of the molecule is Cc1cc(C(=O)c2ccccc2)n(-c2ccccn2)c(=O)c1. The number of ketones is 1. The highest BCUT2D eigenvalue weighted by Crippen LogP contribution is 2.13. The van der Waals surface area contributed by atoms with Gasteiger partial charge in [0.15, 0.2) is 0 Å². The predicted molar refractivity (Wildman–Crippen MR) is 84.4 cm³/mol. The lowest BCUT2D eigenvalue weighted by molar-refractivity contribution is 0.103. The summed E-state index contributed by atoms with van der Waals surface area (Å²) in [5, 5.41) is 0. The molecule has 0 saturated heterocycles. The average molecular weight is 290 g/mol. The van der Waals surface area contributed by atoms with Crippen LogP contribution in [-0.2, 0) is 0 Å². The van der Waals surface area contributed by atoms with E-state index in [-0.39, 0.29) is 11.3 Å². The van der Waals surface area contributed by atoms with Crippen LogP contribution in [-0.4, -0.2) is 15.3 Å². The van der Waals surface area contributed by atoms with Crippen molar-refractivity contribution in [2.45, 2.75) is 6.92 Å². The number of hydrogen-bond donors (Lipinski definition) is 0. The quantitative estimate of drug-likeness (QED) is 0.697. The highest BCUT2D eigenvalue weighted by atomic mass is 16.1. The van der Waals surface area contributed by atoms with Gasteiger partial charge in [0.2, 0.25) is 5.78 Å². The Hall–Kier alpha value is -3.01. The molecule has 1 aromatic carbocycles. The minimum atomic E-state index is -0.266. The highest BCUT2D eigenvalue weighted by molar-refractivity contribution is 6.08. The van der Waals surface area contributed by atoms with E-state index in [4.69, 9.17) is 0 Å². The molecule has 2 aromatic heterocycles. The molecule has 0 radical (unpaired) electrons. The number of hydrogen-bond acceptors (Lipinski definition) is 3. The first-order chi connectivity index (χ1) is 10.7. The third-order valence-corrected chi connectivity index (χ3v) is 3.32. The van der Waals surface area contributed by atoms with Crippen LogP contribution in [0.5, 0.6) is 0 Å². The largest absolute Gasteiger partial charge is 0.287 e. The number of aromatic nitrogens is 2. The van der Waals surface area contributed by atoms with Crippen LogP contribution in [0, 0.1) is 6.92 Å². The third kappa shape index (κ3) is 2.59. The molecule has 0 N–H and O–H groups in total. The zero-order chi connectivity index (χ0) is 15.5. The number of carbonyl (C=O) groups is 1. The number of rotatable bonds is 3. The van der Waals surface area contributed by atoms with Crippen LogP contribution in [0.2, 0.25) is 0 Å². The fourth-order valence-electron chi connectivity index (χ4n) is 2.33. The maximum Gasteiger partial charge on any atom is 0.257 e. The van der Waals surface area contributed by atoms with Crippen molar-refractivity contribution in [3.8, 4) is 5.82 Å². The standard InChI is InChI=1S/C18H14N2O2/c1-13-11-15(18(22)14-7-3-2-4-8-14)20(17(21)12-13)16-9-5-6-10-19-16/h2-12H,1H3. The van der Waals surface area contributed by atoms with Crippen molar-refractivity contribution in [1.29, 1.82) is 0 Å². The molecule has 4 heteroatoms. The Bertz CT molecular complexity index is 869. The molecule has 108 valence electrons. The van der Waals surface area contributed by atoms with Crippen LogP contribution < -0.4 is 5.56 Å². The summed E-state index contributed by atoms with van der Waals surface area (Å²) in [6, 6.07) is 17.4. The normalized spacial score (nSPS) is 10.4. The second-order valence-electron chi connectivity index (χ2n) is 4.97. The van der Waals surface area contributed by atoms with Gasteiger partial charge in [0.1, 0.15) is 5.82 Å². The van der Waals surface area contributed by atoms with E-state index in [2.05, 4.69) is 4.98 Å². The molecule has 0 unspecified atom stereocenters. The molecule has 0 saturated carbocycles. The van der Waals surface area contributed by atoms with E-state index in [0.29, 0.717) is 17.1 Å². The van der Waals surface area contributed by atoms with Crippen LogP contribution in [0.1, 0.15) is 21.6 Å². The summed E-state index contributed by atoms with van der Waals surface area (Å²) in [6.45, 7) is 1.80. The number of carbonyl (C=O) groups excluding carboxylic acids is 1. The molecule has 0 fully saturated rings.